The van der Waals surface area contributed by atoms with E-state index in [4.69, 9.17) is 5.14 Å². The maximum absolute atomic E-state index is 12.2. The molecule has 0 unspecified atom stereocenters. The van der Waals surface area contributed by atoms with Crippen molar-refractivity contribution in [1.82, 2.24) is 10.2 Å². The van der Waals surface area contributed by atoms with Crippen LogP contribution in [0.15, 0.2) is 34.9 Å². The van der Waals surface area contributed by atoms with Crippen molar-refractivity contribution in [3.05, 3.63) is 36.0 Å². The van der Waals surface area contributed by atoms with Crippen LogP contribution in [0.1, 0.15) is 38.1 Å². The number of aromatic hydroxyl groups is 1. The van der Waals surface area contributed by atoms with Gasteiger partial charge in [0.25, 0.3) is 5.91 Å². The van der Waals surface area contributed by atoms with Gasteiger partial charge >= 0.3 is 0 Å². The highest BCUT2D eigenvalue weighted by atomic mass is 32.2. The first-order chi connectivity index (χ1) is 12.0. The zero-order valence-electron chi connectivity index (χ0n) is 16.3. The Labute approximate surface area is 160 Å². The van der Waals surface area contributed by atoms with E-state index >= 15 is 0 Å². The maximum atomic E-state index is 12.2. The lowest BCUT2D eigenvalue weighted by atomic mass is 9.88. The van der Waals surface area contributed by atoms with Crippen molar-refractivity contribution in [1.29, 1.82) is 0 Å². The summed E-state index contributed by atoms with van der Waals surface area (Å²) in [7, 11) is 3.25. The number of anilines is 1. The summed E-state index contributed by atoms with van der Waals surface area (Å²) in [6, 6.07) is 5.02. The molecule has 8 heteroatoms. The number of carbonyl (C=O) groups excluding carboxylic acids is 1. The van der Waals surface area contributed by atoms with Crippen LogP contribution in [0.4, 0.5) is 5.69 Å². The molecule has 26 heavy (non-hydrogen) atoms. The molecule has 0 aliphatic heterocycles. The summed E-state index contributed by atoms with van der Waals surface area (Å²) < 4.78 is 4.14. The number of amidine groups is 1. The summed E-state index contributed by atoms with van der Waals surface area (Å²) in [6.07, 6.45) is 0. The first-order valence-corrected chi connectivity index (χ1v) is 9.03. The number of para-hydroxylation sites is 1. The number of hydrogen-bond donors (Lipinski definition) is 4. The van der Waals surface area contributed by atoms with E-state index in [-0.39, 0.29) is 28.7 Å². The second kappa shape index (κ2) is 8.95. The number of phenols is 1. The van der Waals surface area contributed by atoms with Gasteiger partial charge in [-0.05, 0) is 24.5 Å². The number of rotatable bonds is 6. The molecule has 5 N–H and O–H groups in total. The SMILES string of the molecule is C=C(N[C@H](C)C(C)(C)C)/C(=N\SN)Nc1cccc(C(=O)N(C)C)c1O. The monoisotopic (exact) mass is 379 g/mol. The van der Waals surface area contributed by atoms with Crippen molar-refractivity contribution >= 4 is 29.6 Å². The molecule has 0 radical (unpaired) electrons. The van der Waals surface area contributed by atoms with E-state index in [1.54, 1.807) is 32.3 Å². The number of amides is 1. The Bertz CT molecular complexity index is 695. The third-order valence-electron chi connectivity index (χ3n) is 4.05. The minimum absolute atomic E-state index is 0.0179. The molecule has 1 atom stereocenters. The number of benzene rings is 1. The van der Waals surface area contributed by atoms with E-state index < -0.39 is 0 Å². The van der Waals surface area contributed by atoms with Gasteiger partial charge in [-0.2, -0.15) is 4.40 Å². The zero-order valence-corrected chi connectivity index (χ0v) is 17.1. The zero-order chi connectivity index (χ0) is 20.1. The Morgan fingerprint density at radius 2 is 2.00 bits per heavy atom. The molecule has 1 aromatic rings. The molecule has 0 spiro atoms. The molecule has 0 bridgehead atoms. The Morgan fingerprint density at radius 3 is 2.50 bits per heavy atom. The van der Waals surface area contributed by atoms with Crippen LogP contribution in [0, 0.1) is 5.41 Å². The lowest BCUT2D eigenvalue weighted by Crippen LogP contribution is -2.40. The molecular formula is C18H29N5O2S. The summed E-state index contributed by atoms with van der Waals surface area (Å²) in [4.78, 5) is 13.6. The maximum Gasteiger partial charge on any atom is 0.257 e. The van der Waals surface area contributed by atoms with Gasteiger partial charge in [0.05, 0.1) is 29.1 Å². The summed E-state index contributed by atoms with van der Waals surface area (Å²) in [6.45, 7) is 12.4. The van der Waals surface area contributed by atoms with Gasteiger partial charge < -0.3 is 20.6 Å². The van der Waals surface area contributed by atoms with E-state index in [9.17, 15) is 9.90 Å². The lowest BCUT2D eigenvalue weighted by molar-refractivity contribution is 0.0824. The second-order valence-corrected chi connectivity index (χ2v) is 7.68. The van der Waals surface area contributed by atoms with Crippen LogP contribution in [-0.4, -0.2) is 41.9 Å². The van der Waals surface area contributed by atoms with Crippen LogP contribution in [-0.2, 0) is 0 Å². The van der Waals surface area contributed by atoms with Crippen molar-refractivity contribution in [3.8, 4) is 5.75 Å². The van der Waals surface area contributed by atoms with Gasteiger partial charge in [-0.15, -0.1) is 0 Å². The average Bonchev–Trinajstić information content (AvgIpc) is 2.54. The van der Waals surface area contributed by atoms with E-state index in [2.05, 4.69) is 42.4 Å². The molecule has 0 aliphatic rings. The highest BCUT2D eigenvalue weighted by Gasteiger charge is 2.22. The van der Waals surface area contributed by atoms with Gasteiger partial charge in [0.2, 0.25) is 0 Å². The summed E-state index contributed by atoms with van der Waals surface area (Å²) >= 11 is 0.781. The fourth-order valence-corrected chi connectivity index (χ4v) is 2.20. The molecular weight excluding hydrogens is 350 g/mol. The largest absolute Gasteiger partial charge is 0.505 e. The predicted octanol–water partition coefficient (Wildman–Crippen LogP) is 2.96. The quantitative estimate of drug-likeness (QED) is 0.262. The topological polar surface area (TPSA) is 103 Å². The summed E-state index contributed by atoms with van der Waals surface area (Å²) in [5.74, 6) is -0.0768. The van der Waals surface area contributed by atoms with E-state index in [1.165, 1.54) is 4.90 Å². The van der Waals surface area contributed by atoms with Crippen molar-refractivity contribution in [2.24, 2.45) is 15.0 Å². The Kier molecular flexibility index (Phi) is 7.53. The number of nitrogens with two attached hydrogens (primary N) is 1. The summed E-state index contributed by atoms with van der Waals surface area (Å²) in [5, 5.41) is 22.2. The van der Waals surface area contributed by atoms with Crippen LogP contribution in [0.2, 0.25) is 0 Å². The molecule has 1 aromatic carbocycles. The third-order valence-corrected chi connectivity index (χ3v) is 4.33. The van der Waals surface area contributed by atoms with E-state index in [0.717, 1.165) is 12.1 Å². The van der Waals surface area contributed by atoms with E-state index in [0.29, 0.717) is 17.2 Å². The normalized spacial score (nSPS) is 13.1. The average molecular weight is 380 g/mol. The standard InChI is InChI=1S/C18H29N5O2S/c1-11(20-12(2)18(3,4)5)16(22-26-19)21-14-10-8-9-13(15(14)24)17(25)23(6)7/h8-10,12,20,24H,1,19H2,2-7H3,(H,21,22)/t12-/m1/s1. The van der Waals surface area contributed by atoms with E-state index in [1.807, 2.05) is 6.92 Å². The van der Waals surface area contributed by atoms with Gasteiger partial charge in [-0.25, -0.2) is 0 Å². The van der Waals surface area contributed by atoms with Gasteiger partial charge in [-0.3, -0.25) is 9.93 Å². The van der Waals surface area contributed by atoms with Gasteiger partial charge in [0, 0.05) is 20.1 Å². The second-order valence-electron chi connectivity index (χ2n) is 7.28. The number of nitrogens with zero attached hydrogens (tertiary/aromatic N) is 2. The highest BCUT2D eigenvalue weighted by Crippen LogP contribution is 2.29. The molecule has 1 rings (SSSR count). The van der Waals surface area contributed by atoms with Crippen molar-refractivity contribution < 1.29 is 9.90 Å². The molecule has 7 nitrogen and oxygen atoms in total. The summed E-state index contributed by atoms with van der Waals surface area (Å²) in [5.41, 5.74) is 1.09. The van der Waals surface area contributed by atoms with Crippen LogP contribution in [0.3, 0.4) is 0 Å². The van der Waals surface area contributed by atoms with Crippen LogP contribution in [0.5, 0.6) is 5.75 Å². The molecule has 0 fully saturated rings. The fourth-order valence-electron chi connectivity index (χ4n) is 1.94. The Morgan fingerprint density at radius 1 is 1.38 bits per heavy atom. The van der Waals surface area contributed by atoms with Crippen molar-refractivity contribution in [3.63, 3.8) is 0 Å². The highest BCUT2D eigenvalue weighted by molar-refractivity contribution is 7.95. The van der Waals surface area contributed by atoms with Gasteiger partial charge in [0.1, 0.15) is 0 Å². The van der Waals surface area contributed by atoms with Gasteiger partial charge in [0.15, 0.2) is 11.6 Å². The van der Waals surface area contributed by atoms with Crippen molar-refractivity contribution in [2.75, 3.05) is 19.4 Å². The number of phenolic OH excluding ortho intramolecular Hbond substituents is 1. The first kappa shape index (κ1) is 21.9. The molecule has 0 aliphatic carbocycles. The Hall–Kier alpha value is -2.19. The molecule has 0 saturated carbocycles. The first-order valence-electron chi connectivity index (χ1n) is 8.19. The van der Waals surface area contributed by atoms with Crippen LogP contribution >= 0.6 is 12.1 Å². The lowest BCUT2D eigenvalue weighted by Gasteiger charge is -2.30. The molecule has 1 amide bonds. The number of carbonyl (C=O) groups is 1. The minimum Gasteiger partial charge on any atom is -0.505 e. The number of nitrogens with one attached hydrogen (secondary N) is 2. The predicted molar refractivity (Wildman–Crippen MR) is 110 cm³/mol. The molecule has 144 valence electrons. The fraction of sp³-hybridized carbons (Fsp3) is 0.444. The Balaban J connectivity index is 3.09. The minimum atomic E-state index is -0.295. The van der Waals surface area contributed by atoms with Gasteiger partial charge in [-0.1, -0.05) is 33.4 Å². The molecule has 0 heterocycles. The molecule has 0 aromatic heterocycles. The molecule has 0 saturated heterocycles. The van der Waals surface area contributed by atoms with Crippen LogP contribution in [0.25, 0.3) is 0 Å². The smallest absolute Gasteiger partial charge is 0.257 e. The number of hydrogen-bond acceptors (Lipinski definition) is 6. The third kappa shape index (κ3) is 5.67. The van der Waals surface area contributed by atoms with Crippen LogP contribution < -0.4 is 15.8 Å². The van der Waals surface area contributed by atoms with Crippen molar-refractivity contribution in [2.45, 2.75) is 33.7 Å².